The first-order valence-electron chi connectivity index (χ1n) is 7.66. The predicted octanol–water partition coefficient (Wildman–Crippen LogP) is 1.65. The zero-order chi connectivity index (χ0) is 17.7. The predicted molar refractivity (Wildman–Crippen MR) is 89.3 cm³/mol. The van der Waals surface area contributed by atoms with Gasteiger partial charge in [0.15, 0.2) is 0 Å². The van der Waals surface area contributed by atoms with Gasteiger partial charge in [-0.25, -0.2) is 4.79 Å². The van der Waals surface area contributed by atoms with Gasteiger partial charge in [-0.15, -0.1) is 11.3 Å². The molecule has 1 unspecified atom stereocenters. The van der Waals surface area contributed by atoms with Crippen LogP contribution in [0.5, 0.6) is 0 Å². The molecule has 4 rings (SSSR count). The van der Waals surface area contributed by atoms with Gasteiger partial charge in [-0.3, -0.25) is 14.5 Å². The number of nitrogens with zero attached hydrogens (tertiary/aromatic N) is 1. The number of amides is 2. The van der Waals surface area contributed by atoms with Gasteiger partial charge in [0.2, 0.25) is 0 Å². The highest BCUT2D eigenvalue weighted by Crippen LogP contribution is 2.36. The van der Waals surface area contributed by atoms with Crippen molar-refractivity contribution in [1.29, 1.82) is 0 Å². The lowest BCUT2D eigenvalue weighted by molar-refractivity contribution is -0.142. The number of hydrogen-bond acceptors (Lipinski definition) is 6. The second kappa shape index (κ2) is 5.68. The number of carbonyl (C=O) groups is 3. The summed E-state index contributed by atoms with van der Waals surface area (Å²) in [6, 6.07) is 7.06. The monoisotopic (exact) mass is 358 g/mol. The summed E-state index contributed by atoms with van der Waals surface area (Å²) in [5, 5.41) is 9.55. The average Bonchev–Trinajstić information content (AvgIpc) is 3.10. The molecule has 0 aliphatic carbocycles. The Bertz CT molecular complexity index is 920. The fraction of sp³-hybridized carbons (Fsp3) is 0.235. The molecule has 0 spiro atoms. The summed E-state index contributed by atoms with van der Waals surface area (Å²) in [4.78, 5) is 38.5. The van der Waals surface area contributed by atoms with Crippen molar-refractivity contribution >= 4 is 34.1 Å². The first-order valence-corrected chi connectivity index (χ1v) is 8.47. The number of imide groups is 1. The summed E-state index contributed by atoms with van der Waals surface area (Å²) >= 11 is 1.16. The fourth-order valence-electron chi connectivity index (χ4n) is 3.29. The van der Waals surface area contributed by atoms with E-state index >= 15 is 0 Å². The minimum Gasteiger partial charge on any atom is -0.478 e. The number of carbonyl (C=O) groups excluding carboxylic acids is 2. The Balaban J connectivity index is 1.60. The topological polar surface area (TPSA) is 110 Å². The van der Waals surface area contributed by atoms with E-state index in [2.05, 4.69) is 0 Å². The molecular formula is C17H14N2O5S. The first-order chi connectivity index (χ1) is 12.0. The summed E-state index contributed by atoms with van der Waals surface area (Å²) in [6.45, 7) is 0.320. The minimum atomic E-state index is -1.12. The van der Waals surface area contributed by atoms with Crippen LogP contribution in [0.15, 0.2) is 24.3 Å². The summed E-state index contributed by atoms with van der Waals surface area (Å²) in [5.41, 5.74) is 7.66. The highest BCUT2D eigenvalue weighted by Gasteiger charge is 2.39. The van der Waals surface area contributed by atoms with Crippen LogP contribution < -0.4 is 5.73 Å². The number of nitrogen functional groups attached to an aromatic ring is 1. The number of anilines is 1. The summed E-state index contributed by atoms with van der Waals surface area (Å²) in [5.74, 6) is -1.92. The molecule has 0 saturated heterocycles. The van der Waals surface area contributed by atoms with E-state index in [1.807, 2.05) is 12.1 Å². The van der Waals surface area contributed by atoms with Gasteiger partial charge in [-0.2, -0.15) is 0 Å². The van der Waals surface area contributed by atoms with E-state index in [-0.39, 0.29) is 36.0 Å². The van der Waals surface area contributed by atoms with Crippen LogP contribution in [0, 0.1) is 0 Å². The molecule has 1 atom stereocenters. The van der Waals surface area contributed by atoms with Crippen molar-refractivity contribution < 1.29 is 24.2 Å². The highest BCUT2D eigenvalue weighted by atomic mass is 32.1. The number of carboxylic acid groups (broad SMARTS) is 1. The van der Waals surface area contributed by atoms with Crippen LogP contribution in [-0.4, -0.2) is 33.9 Å². The van der Waals surface area contributed by atoms with Gasteiger partial charge in [0.1, 0.15) is 11.1 Å². The van der Waals surface area contributed by atoms with Crippen molar-refractivity contribution in [2.24, 2.45) is 0 Å². The second-order valence-electron chi connectivity index (χ2n) is 5.94. The van der Waals surface area contributed by atoms with Gasteiger partial charge in [0.05, 0.1) is 18.7 Å². The molecule has 128 valence electrons. The molecule has 0 bridgehead atoms. The normalized spacial score (nSPS) is 18.8. The third kappa shape index (κ3) is 2.41. The van der Waals surface area contributed by atoms with E-state index in [1.165, 1.54) is 0 Å². The highest BCUT2D eigenvalue weighted by molar-refractivity contribution is 7.16. The lowest BCUT2D eigenvalue weighted by atomic mass is 10.00. The Kier molecular flexibility index (Phi) is 3.59. The molecule has 2 aromatic rings. The molecule has 0 radical (unpaired) electrons. The van der Waals surface area contributed by atoms with E-state index in [0.29, 0.717) is 11.1 Å². The van der Waals surface area contributed by atoms with E-state index in [9.17, 15) is 19.5 Å². The van der Waals surface area contributed by atoms with Gasteiger partial charge in [-0.05, 0) is 17.2 Å². The number of thiophene rings is 1. The molecule has 2 aliphatic rings. The number of aromatic carboxylic acids is 1. The lowest BCUT2D eigenvalue weighted by Gasteiger charge is -2.26. The Hall–Kier alpha value is -2.71. The molecule has 3 heterocycles. The van der Waals surface area contributed by atoms with E-state index in [4.69, 9.17) is 10.5 Å². The number of hydrogen-bond donors (Lipinski definition) is 2. The third-order valence-electron chi connectivity index (χ3n) is 4.50. The molecule has 7 nitrogen and oxygen atoms in total. The molecule has 0 saturated carbocycles. The Labute approximate surface area is 146 Å². The standard InChI is InChI=1S/C17H14N2O5S/c18-14-13(17(22)23)10-5-11(24-7-12(10)25-14)16(21)19-6-8-3-1-2-4-9(8)15(19)20/h1-4,11H,5-7,18H2,(H,22,23). The van der Waals surface area contributed by atoms with Crippen molar-refractivity contribution in [3.63, 3.8) is 0 Å². The number of carboxylic acids is 1. The maximum atomic E-state index is 12.8. The van der Waals surface area contributed by atoms with Crippen LogP contribution in [0.3, 0.4) is 0 Å². The van der Waals surface area contributed by atoms with Gasteiger partial charge >= 0.3 is 5.97 Å². The maximum absolute atomic E-state index is 12.8. The molecule has 2 amide bonds. The van der Waals surface area contributed by atoms with Crippen LogP contribution >= 0.6 is 11.3 Å². The quantitative estimate of drug-likeness (QED) is 0.790. The van der Waals surface area contributed by atoms with E-state index in [1.54, 1.807) is 12.1 Å². The smallest absolute Gasteiger partial charge is 0.338 e. The number of benzene rings is 1. The number of ether oxygens (including phenoxy) is 1. The number of fused-ring (bicyclic) bond motifs is 2. The van der Waals surface area contributed by atoms with Crippen LogP contribution in [-0.2, 0) is 29.1 Å². The second-order valence-corrected chi connectivity index (χ2v) is 7.08. The molecule has 1 aromatic heterocycles. The zero-order valence-electron chi connectivity index (χ0n) is 13.0. The summed E-state index contributed by atoms with van der Waals surface area (Å²) in [6.07, 6.45) is -0.790. The number of nitrogens with two attached hydrogens (primary N) is 1. The Morgan fingerprint density at radius 1 is 1.32 bits per heavy atom. The lowest BCUT2D eigenvalue weighted by Crippen LogP contribution is -2.43. The largest absolute Gasteiger partial charge is 0.478 e. The average molecular weight is 358 g/mol. The maximum Gasteiger partial charge on any atom is 0.338 e. The SMILES string of the molecule is Nc1sc2c(c1C(=O)O)CC(C(=O)N1Cc3ccccc3C1=O)OC2. The zero-order valence-corrected chi connectivity index (χ0v) is 13.8. The van der Waals surface area contributed by atoms with Crippen molar-refractivity contribution in [2.45, 2.75) is 25.7 Å². The number of rotatable bonds is 2. The van der Waals surface area contributed by atoms with Gasteiger partial charge < -0.3 is 15.6 Å². The van der Waals surface area contributed by atoms with Crippen LogP contribution in [0.25, 0.3) is 0 Å². The molecule has 2 aliphatic heterocycles. The van der Waals surface area contributed by atoms with Gasteiger partial charge in [-0.1, -0.05) is 18.2 Å². The fourth-order valence-corrected chi connectivity index (χ4v) is 4.30. The molecule has 0 fully saturated rings. The Morgan fingerprint density at radius 2 is 2.08 bits per heavy atom. The van der Waals surface area contributed by atoms with E-state index in [0.717, 1.165) is 26.7 Å². The Morgan fingerprint density at radius 3 is 2.80 bits per heavy atom. The molecular weight excluding hydrogens is 344 g/mol. The van der Waals surface area contributed by atoms with Crippen LogP contribution in [0.1, 0.15) is 36.7 Å². The van der Waals surface area contributed by atoms with Gasteiger partial charge in [0.25, 0.3) is 11.8 Å². The minimum absolute atomic E-state index is 0.0390. The van der Waals surface area contributed by atoms with Gasteiger partial charge in [0, 0.05) is 16.9 Å². The van der Waals surface area contributed by atoms with Crippen molar-refractivity contribution in [1.82, 2.24) is 4.90 Å². The molecule has 8 heteroatoms. The molecule has 1 aromatic carbocycles. The van der Waals surface area contributed by atoms with Crippen LogP contribution in [0.4, 0.5) is 5.00 Å². The third-order valence-corrected chi connectivity index (χ3v) is 5.53. The van der Waals surface area contributed by atoms with Crippen molar-refractivity contribution in [2.75, 3.05) is 5.73 Å². The van der Waals surface area contributed by atoms with Crippen molar-refractivity contribution in [3.05, 3.63) is 51.4 Å². The molecule has 25 heavy (non-hydrogen) atoms. The summed E-state index contributed by atoms with van der Waals surface area (Å²) < 4.78 is 5.59. The van der Waals surface area contributed by atoms with Crippen LogP contribution in [0.2, 0.25) is 0 Å². The first kappa shape index (κ1) is 15.8. The van der Waals surface area contributed by atoms with E-state index < -0.39 is 18.0 Å². The molecule has 3 N–H and O–H groups in total. The summed E-state index contributed by atoms with van der Waals surface area (Å²) in [7, 11) is 0. The van der Waals surface area contributed by atoms with Crippen molar-refractivity contribution in [3.8, 4) is 0 Å².